The minimum Gasteiger partial charge on any atom is -0.378 e. The number of benzene rings is 2. The first-order valence-electron chi connectivity index (χ1n) is 7.64. The third kappa shape index (κ3) is 3.38. The molecule has 0 saturated carbocycles. The molecule has 0 aliphatic carbocycles. The Morgan fingerprint density at radius 1 is 1.17 bits per heavy atom. The number of nitrogens with one attached hydrogen (secondary N) is 2. The SMILES string of the molecule is CC1Sc2ccc(C(=O)Nc3ccc(N(C)C)cc3)cc2NC1=O. The van der Waals surface area contributed by atoms with E-state index in [1.807, 2.05) is 56.3 Å². The zero-order valence-electron chi connectivity index (χ0n) is 13.8. The van der Waals surface area contributed by atoms with Crippen molar-refractivity contribution in [1.82, 2.24) is 0 Å². The second kappa shape index (κ2) is 6.57. The van der Waals surface area contributed by atoms with Gasteiger partial charge < -0.3 is 15.5 Å². The second-order valence-corrected chi connectivity index (χ2v) is 7.24. The lowest BCUT2D eigenvalue weighted by molar-refractivity contribution is -0.115. The minimum atomic E-state index is -0.201. The number of nitrogens with zero attached hydrogens (tertiary/aromatic N) is 1. The number of rotatable bonds is 3. The van der Waals surface area contributed by atoms with Crippen LogP contribution in [0.2, 0.25) is 0 Å². The topological polar surface area (TPSA) is 61.4 Å². The van der Waals surface area contributed by atoms with E-state index in [1.165, 1.54) is 11.8 Å². The summed E-state index contributed by atoms with van der Waals surface area (Å²) in [4.78, 5) is 27.2. The third-order valence-corrected chi connectivity index (χ3v) is 4.99. The molecule has 124 valence electrons. The van der Waals surface area contributed by atoms with Crippen molar-refractivity contribution in [2.45, 2.75) is 17.1 Å². The fourth-order valence-electron chi connectivity index (χ4n) is 2.40. The van der Waals surface area contributed by atoms with Crippen molar-refractivity contribution >= 4 is 40.6 Å². The number of hydrogen-bond acceptors (Lipinski definition) is 4. The number of fused-ring (bicyclic) bond motifs is 1. The Bertz CT molecular complexity index is 787. The Kier molecular flexibility index (Phi) is 4.49. The van der Waals surface area contributed by atoms with Crippen molar-refractivity contribution in [2.24, 2.45) is 0 Å². The van der Waals surface area contributed by atoms with Crippen LogP contribution >= 0.6 is 11.8 Å². The molecular formula is C18H19N3O2S. The summed E-state index contributed by atoms with van der Waals surface area (Å²) < 4.78 is 0. The number of thioether (sulfide) groups is 1. The molecule has 6 heteroatoms. The van der Waals surface area contributed by atoms with Crippen molar-refractivity contribution < 1.29 is 9.59 Å². The highest BCUT2D eigenvalue weighted by atomic mass is 32.2. The highest BCUT2D eigenvalue weighted by molar-refractivity contribution is 8.00. The molecule has 1 unspecified atom stereocenters. The largest absolute Gasteiger partial charge is 0.378 e. The lowest BCUT2D eigenvalue weighted by Crippen LogP contribution is -2.26. The minimum absolute atomic E-state index is 0.0377. The summed E-state index contributed by atoms with van der Waals surface area (Å²) in [7, 11) is 3.93. The van der Waals surface area contributed by atoms with Gasteiger partial charge in [0, 0.05) is 35.9 Å². The molecule has 0 spiro atoms. The van der Waals surface area contributed by atoms with Crippen LogP contribution in [-0.4, -0.2) is 31.2 Å². The summed E-state index contributed by atoms with van der Waals surface area (Å²) >= 11 is 1.50. The molecule has 0 bridgehead atoms. The number of anilines is 3. The van der Waals surface area contributed by atoms with E-state index in [9.17, 15) is 9.59 Å². The van der Waals surface area contributed by atoms with E-state index < -0.39 is 0 Å². The molecule has 1 atom stereocenters. The zero-order valence-corrected chi connectivity index (χ0v) is 14.6. The molecular weight excluding hydrogens is 322 g/mol. The van der Waals surface area contributed by atoms with Gasteiger partial charge in [0.25, 0.3) is 5.91 Å². The fraction of sp³-hybridized carbons (Fsp3) is 0.222. The molecule has 2 N–H and O–H groups in total. The molecule has 2 aromatic carbocycles. The van der Waals surface area contributed by atoms with E-state index in [1.54, 1.807) is 12.1 Å². The van der Waals surface area contributed by atoms with Gasteiger partial charge in [0.05, 0.1) is 10.9 Å². The summed E-state index contributed by atoms with van der Waals surface area (Å²) in [5.74, 6) is -0.238. The van der Waals surface area contributed by atoms with Crippen LogP contribution in [0.1, 0.15) is 17.3 Å². The first kappa shape index (κ1) is 16.4. The quantitative estimate of drug-likeness (QED) is 0.898. The average molecular weight is 341 g/mol. The maximum atomic E-state index is 12.4. The molecule has 1 heterocycles. The van der Waals surface area contributed by atoms with E-state index >= 15 is 0 Å². The van der Waals surface area contributed by atoms with Gasteiger partial charge in [-0.15, -0.1) is 11.8 Å². The summed E-state index contributed by atoms with van der Waals surface area (Å²) in [6.45, 7) is 1.86. The lowest BCUT2D eigenvalue weighted by atomic mass is 10.1. The molecule has 1 aliphatic rings. The van der Waals surface area contributed by atoms with Crippen LogP contribution in [0.4, 0.5) is 17.1 Å². The van der Waals surface area contributed by atoms with E-state index in [0.29, 0.717) is 11.3 Å². The first-order chi connectivity index (χ1) is 11.4. The molecule has 1 aliphatic heterocycles. The van der Waals surface area contributed by atoms with Gasteiger partial charge in [-0.25, -0.2) is 0 Å². The van der Waals surface area contributed by atoms with Gasteiger partial charge in [-0.1, -0.05) is 0 Å². The van der Waals surface area contributed by atoms with Crippen molar-refractivity contribution in [2.75, 3.05) is 29.6 Å². The van der Waals surface area contributed by atoms with Crippen LogP contribution in [0.3, 0.4) is 0 Å². The highest BCUT2D eigenvalue weighted by Crippen LogP contribution is 2.36. The maximum Gasteiger partial charge on any atom is 0.255 e. The Labute approximate surface area is 145 Å². The number of carbonyl (C=O) groups excluding carboxylic acids is 2. The number of carbonyl (C=O) groups is 2. The van der Waals surface area contributed by atoms with E-state index in [4.69, 9.17) is 0 Å². The van der Waals surface area contributed by atoms with Gasteiger partial charge >= 0.3 is 0 Å². The normalized spacial score (nSPS) is 16.1. The van der Waals surface area contributed by atoms with Gasteiger partial charge in [-0.05, 0) is 49.4 Å². The van der Waals surface area contributed by atoms with E-state index in [0.717, 1.165) is 16.3 Å². The average Bonchev–Trinajstić information content (AvgIpc) is 2.56. The Hall–Kier alpha value is -2.47. The van der Waals surface area contributed by atoms with Crippen molar-refractivity contribution in [3.8, 4) is 0 Å². The molecule has 2 aromatic rings. The van der Waals surface area contributed by atoms with Crippen molar-refractivity contribution in [1.29, 1.82) is 0 Å². The molecule has 3 rings (SSSR count). The predicted molar refractivity (Wildman–Crippen MR) is 99.1 cm³/mol. The van der Waals surface area contributed by atoms with Crippen molar-refractivity contribution in [3.63, 3.8) is 0 Å². The van der Waals surface area contributed by atoms with Gasteiger partial charge in [0.15, 0.2) is 0 Å². The maximum absolute atomic E-state index is 12.4. The summed E-state index contributed by atoms with van der Waals surface area (Å²) in [6, 6.07) is 13.0. The van der Waals surface area contributed by atoms with Crippen LogP contribution in [0.5, 0.6) is 0 Å². The molecule has 24 heavy (non-hydrogen) atoms. The van der Waals surface area contributed by atoms with E-state index in [2.05, 4.69) is 10.6 Å². The fourth-order valence-corrected chi connectivity index (χ4v) is 3.33. The Morgan fingerprint density at radius 3 is 2.54 bits per heavy atom. The van der Waals surface area contributed by atoms with Crippen molar-refractivity contribution in [3.05, 3.63) is 48.0 Å². The smallest absolute Gasteiger partial charge is 0.255 e. The summed E-state index contributed by atoms with van der Waals surface area (Å²) in [6.07, 6.45) is 0. The predicted octanol–water partition coefficient (Wildman–Crippen LogP) is 3.44. The van der Waals surface area contributed by atoms with Gasteiger partial charge in [-0.3, -0.25) is 9.59 Å². The van der Waals surface area contributed by atoms with Crippen LogP contribution in [0.25, 0.3) is 0 Å². The van der Waals surface area contributed by atoms with Crippen LogP contribution < -0.4 is 15.5 Å². The number of amides is 2. The Morgan fingerprint density at radius 2 is 1.88 bits per heavy atom. The van der Waals surface area contributed by atoms with Crippen LogP contribution in [-0.2, 0) is 4.79 Å². The molecule has 0 saturated heterocycles. The monoisotopic (exact) mass is 341 g/mol. The van der Waals surface area contributed by atoms with Gasteiger partial charge in [0.1, 0.15) is 0 Å². The van der Waals surface area contributed by atoms with Gasteiger partial charge in [0.2, 0.25) is 5.91 Å². The Balaban J connectivity index is 1.76. The van der Waals surface area contributed by atoms with E-state index in [-0.39, 0.29) is 17.1 Å². The molecule has 0 aromatic heterocycles. The van der Waals surface area contributed by atoms with Gasteiger partial charge in [-0.2, -0.15) is 0 Å². The highest BCUT2D eigenvalue weighted by Gasteiger charge is 2.23. The summed E-state index contributed by atoms with van der Waals surface area (Å²) in [5.41, 5.74) is 3.01. The molecule has 5 nitrogen and oxygen atoms in total. The summed E-state index contributed by atoms with van der Waals surface area (Å²) in [5, 5.41) is 5.60. The lowest BCUT2D eigenvalue weighted by Gasteiger charge is -2.21. The second-order valence-electron chi connectivity index (χ2n) is 5.86. The first-order valence-corrected chi connectivity index (χ1v) is 8.52. The zero-order chi connectivity index (χ0) is 17.3. The molecule has 2 amide bonds. The van der Waals surface area contributed by atoms with Crippen LogP contribution in [0, 0.1) is 0 Å². The third-order valence-electron chi connectivity index (χ3n) is 3.81. The molecule has 0 fully saturated rings. The standard InChI is InChI=1S/C18H19N3O2S/c1-11-17(22)20-15-10-12(4-9-16(15)24-11)18(23)19-13-5-7-14(8-6-13)21(2)3/h4-11H,1-3H3,(H,19,23)(H,20,22). The number of hydrogen-bond donors (Lipinski definition) is 2. The van der Waals surface area contributed by atoms with Crippen LogP contribution in [0.15, 0.2) is 47.4 Å². The molecule has 0 radical (unpaired) electrons.